The van der Waals surface area contributed by atoms with Crippen LogP contribution in [0, 0.1) is 5.92 Å². The second kappa shape index (κ2) is 4.00. The van der Waals surface area contributed by atoms with Gasteiger partial charge in [-0.15, -0.1) is 0 Å². The number of β-amino-alcohol motifs (C(OH)–C–C–N with tert-alkyl or cyclic N) is 1. The van der Waals surface area contributed by atoms with Gasteiger partial charge in [-0.1, -0.05) is 13.3 Å². The molecule has 1 saturated carbocycles. The Labute approximate surface area is 90.6 Å². The number of unbranched alkanes of at least 4 members (excludes halogenated alkanes) is 1. The first-order valence-corrected chi connectivity index (χ1v) is 5.91. The molecule has 1 aliphatic carbocycles. The predicted octanol–water partition coefficient (Wildman–Crippen LogP) is 0.953. The molecular weight excluding hydrogens is 192 g/mol. The van der Waals surface area contributed by atoms with Crippen molar-refractivity contribution < 1.29 is 9.90 Å². The summed E-state index contributed by atoms with van der Waals surface area (Å²) in [4.78, 5) is 13.2. The van der Waals surface area contributed by atoms with E-state index in [9.17, 15) is 9.90 Å². The molecule has 1 aliphatic heterocycles. The minimum absolute atomic E-state index is 0.0197. The minimum Gasteiger partial charge on any atom is -0.386 e. The maximum atomic E-state index is 11.5. The van der Waals surface area contributed by atoms with Gasteiger partial charge in [0.25, 0.3) is 0 Å². The van der Waals surface area contributed by atoms with E-state index in [1.807, 2.05) is 0 Å². The molecule has 0 aromatic heterocycles. The van der Waals surface area contributed by atoms with Crippen molar-refractivity contribution in [3.8, 4) is 0 Å². The highest BCUT2D eigenvalue weighted by molar-refractivity contribution is 5.75. The molecule has 0 aromatic carbocycles. The molecule has 0 aromatic rings. The Hall–Kier alpha value is -0.770. The first-order chi connectivity index (χ1) is 7.15. The van der Waals surface area contributed by atoms with Crippen molar-refractivity contribution in [2.45, 2.75) is 38.2 Å². The molecule has 4 heteroatoms. The molecule has 1 saturated heterocycles. The first-order valence-electron chi connectivity index (χ1n) is 5.91. The van der Waals surface area contributed by atoms with Gasteiger partial charge in [0, 0.05) is 6.54 Å². The van der Waals surface area contributed by atoms with E-state index in [4.69, 9.17) is 0 Å². The number of hydrogen-bond donors (Lipinski definition) is 2. The number of carbonyl (C=O) groups excluding carboxylic acids is 1. The van der Waals surface area contributed by atoms with Crippen LogP contribution < -0.4 is 5.32 Å². The highest BCUT2D eigenvalue weighted by Crippen LogP contribution is 2.44. The van der Waals surface area contributed by atoms with Gasteiger partial charge in [-0.25, -0.2) is 4.79 Å². The Bertz CT molecular complexity index is 245. The fraction of sp³-hybridized carbons (Fsp3) is 0.909. The summed E-state index contributed by atoms with van der Waals surface area (Å²) in [7, 11) is 0. The monoisotopic (exact) mass is 212 g/mol. The lowest BCUT2D eigenvalue weighted by Gasteiger charge is -2.46. The molecule has 0 radical (unpaired) electrons. The topological polar surface area (TPSA) is 52.6 Å². The zero-order valence-corrected chi connectivity index (χ0v) is 9.33. The average molecular weight is 212 g/mol. The molecule has 2 aliphatic rings. The summed E-state index contributed by atoms with van der Waals surface area (Å²) < 4.78 is 0. The fourth-order valence-corrected chi connectivity index (χ4v) is 2.12. The Morgan fingerprint density at radius 3 is 2.73 bits per heavy atom. The maximum Gasteiger partial charge on any atom is 0.317 e. The van der Waals surface area contributed by atoms with Crippen LogP contribution in [0.1, 0.15) is 32.6 Å². The third-order valence-corrected chi connectivity index (χ3v) is 3.36. The van der Waals surface area contributed by atoms with Crippen molar-refractivity contribution >= 4 is 6.03 Å². The molecule has 2 fully saturated rings. The summed E-state index contributed by atoms with van der Waals surface area (Å²) in [6.45, 7) is 3.89. The highest BCUT2D eigenvalue weighted by Gasteiger charge is 2.53. The number of rotatable bonds is 4. The summed E-state index contributed by atoms with van der Waals surface area (Å²) in [5.74, 6) is 0.456. The molecule has 4 nitrogen and oxygen atoms in total. The lowest BCUT2D eigenvalue weighted by molar-refractivity contribution is -0.0917. The van der Waals surface area contributed by atoms with Gasteiger partial charge in [-0.05, 0) is 25.2 Å². The zero-order chi connectivity index (χ0) is 10.9. The van der Waals surface area contributed by atoms with Gasteiger partial charge in [-0.2, -0.15) is 0 Å². The van der Waals surface area contributed by atoms with Gasteiger partial charge >= 0.3 is 6.03 Å². The third kappa shape index (κ3) is 2.25. The minimum atomic E-state index is -0.553. The molecule has 1 heterocycles. The van der Waals surface area contributed by atoms with Crippen LogP contribution in [0.3, 0.4) is 0 Å². The van der Waals surface area contributed by atoms with Crippen LogP contribution >= 0.6 is 0 Å². The Balaban J connectivity index is 1.67. The van der Waals surface area contributed by atoms with E-state index in [1.54, 1.807) is 4.90 Å². The van der Waals surface area contributed by atoms with Crippen molar-refractivity contribution in [2.24, 2.45) is 5.92 Å². The van der Waals surface area contributed by atoms with Gasteiger partial charge in [0.2, 0.25) is 0 Å². The van der Waals surface area contributed by atoms with E-state index >= 15 is 0 Å². The lowest BCUT2D eigenvalue weighted by atomic mass is 9.89. The fourth-order valence-electron chi connectivity index (χ4n) is 2.12. The standard InChI is InChI=1S/C11H20N2O2/c1-2-3-6-12-10(14)13-7-11(15,8-13)9-4-5-9/h9,15H,2-8H2,1H3,(H,12,14). The van der Waals surface area contributed by atoms with Crippen LogP contribution in [-0.4, -0.2) is 41.3 Å². The number of nitrogens with one attached hydrogen (secondary N) is 1. The zero-order valence-electron chi connectivity index (χ0n) is 9.33. The number of nitrogens with zero attached hydrogens (tertiary/aromatic N) is 1. The largest absolute Gasteiger partial charge is 0.386 e. The van der Waals surface area contributed by atoms with E-state index < -0.39 is 5.60 Å². The summed E-state index contributed by atoms with van der Waals surface area (Å²) in [5.41, 5.74) is -0.553. The Kier molecular flexibility index (Phi) is 2.87. The highest BCUT2D eigenvalue weighted by atomic mass is 16.3. The molecule has 86 valence electrons. The summed E-state index contributed by atoms with van der Waals surface area (Å²) in [6, 6.07) is -0.0197. The van der Waals surface area contributed by atoms with Crippen LogP contribution in [0.25, 0.3) is 0 Å². The molecule has 0 unspecified atom stereocenters. The SMILES string of the molecule is CCCCNC(=O)N1CC(O)(C2CC2)C1. The maximum absolute atomic E-state index is 11.5. The van der Waals surface area contributed by atoms with E-state index in [0.29, 0.717) is 19.0 Å². The summed E-state index contributed by atoms with van der Waals surface area (Å²) >= 11 is 0. The molecule has 0 spiro atoms. The molecule has 2 rings (SSSR count). The van der Waals surface area contributed by atoms with Crippen molar-refractivity contribution in [2.75, 3.05) is 19.6 Å². The van der Waals surface area contributed by atoms with E-state index in [2.05, 4.69) is 12.2 Å². The normalized spacial score (nSPS) is 23.5. The van der Waals surface area contributed by atoms with E-state index in [1.165, 1.54) is 0 Å². The molecule has 2 amide bonds. The Morgan fingerprint density at radius 2 is 2.20 bits per heavy atom. The van der Waals surface area contributed by atoms with Crippen molar-refractivity contribution in [3.05, 3.63) is 0 Å². The van der Waals surface area contributed by atoms with Crippen molar-refractivity contribution in [1.29, 1.82) is 0 Å². The van der Waals surface area contributed by atoms with Crippen LogP contribution in [0.4, 0.5) is 4.79 Å². The predicted molar refractivity (Wildman–Crippen MR) is 57.6 cm³/mol. The van der Waals surface area contributed by atoms with Crippen LogP contribution in [0.5, 0.6) is 0 Å². The van der Waals surface area contributed by atoms with Gasteiger partial charge in [-0.3, -0.25) is 0 Å². The summed E-state index contributed by atoms with van der Waals surface area (Å²) in [5, 5.41) is 12.9. The number of hydrogen-bond acceptors (Lipinski definition) is 2. The molecule has 2 N–H and O–H groups in total. The van der Waals surface area contributed by atoms with Crippen molar-refractivity contribution in [1.82, 2.24) is 10.2 Å². The Morgan fingerprint density at radius 1 is 1.53 bits per heavy atom. The molecule has 0 bridgehead atoms. The molecule has 0 atom stereocenters. The van der Waals surface area contributed by atoms with Gasteiger partial charge in [0.15, 0.2) is 0 Å². The number of likely N-dealkylation sites (tertiary alicyclic amines) is 1. The van der Waals surface area contributed by atoms with Crippen LogP contribution in [0.15, 0.2) is 0 Å². The quantitative estimate of drug-likeness (QED) is 0.682. The summed E-state index contributed by atoms with van der Waals surface area (Å²) in [6.07, 6.45) is 4.36. The number of urea groups is 1. The number of aliphatic hydroxyl groups is 1. The smallest absolute Gasteiger partial charge is 0.317 e. The third-order valence-electron chi connectivity index (χ3n) is 3.36. The first kappa shape index (κ1) is 10.7. The lowest BCUT2D eigenvalue weighted by Crippen LogP contribution is -2.66. The van der Waals surface area contributed by atoms with Crippen LogP contribution in [-0.2, 0) is 0 Å². The number of amides is 2. The molecule has 15 heavy (non-hydrogen) atoms. The average Bonchev–Trinajstić information content (AvgIpc) is 2.96. The second-order valence-electron chi connectivity index (χ2n) is 4.82. The van der Waals surface area contributed by atoms with E-state index in [0.717, 1.165) is 32.2 Å². The van der Waals surface area contributed by atoms with Gasteiger partial charge < -0.3 is 15.3 Å². The van der Waals surface area contributed by atoms with Crippen molar-refractivity contribution in [3.63, 3.8) is 0 Å². The van der Waals surface area contributed by atoms with Gasteiger partial charge in [0.1, 0.15) is 5.60 Å². The van der Waals surface area contributed by atoms with E-state index in [-0.39, 0.29) is 6.03 Å². The second-order valence-corrected chi connectivity index (χ2v) is 4.82. The molecular formula is C11H20N2O2. The number of carbonyl (C=O) groups is 1. The van der Waals surface area contributed by atoms with Crippen LogP contribution in [0.2, 0.25) is 0 Å². The van der Waals surface area contributed by atoms with Gasteiger partial charge in [0.05, 0.1) is 13.1 Å².